The second-order valence-corrected chi connectivity index (χ2v) is 8.21. The van der Waals surface area contributed by atoms with Crippen LogP contribution in [-0.2, 0) is 15.5 Å². The van der Waals surface area contributed by atoms with Crippen LogP contribution < -0.4 is 0 Å². The molecule has 0 spiro atoms. The number of rotatable bonds is 5. The summed E-state index contributed by atoms with van der Waals surface area (Å²) in [7, 11) is -4.44. The molecule has 0 saturated heterocycles. The van der Waals surface area contributed by atoms with Crippen LogP contribution in [0.25, 0.3) is 0 Å². The minimum atomic E-state index is -4.44. The fourth-order valence-electron chi connectivity index (χ4n) is 4.03. The normalized spacial score (nSPS) is 11.9. The molecule has 0 bridgehead atoms. The Morgan fingerprint density at radius 3 is 1.24 bits per heavy atom. The monoisotopic (exact) mass is 400 g/mol. The Morgan fingerprint density at radius 2 is 0.862 bits per heavy atom. The van der Waals surface area contributed by atoms with Gasteiger partial charge in [-0.15, -0.1) is 0 Å². The Labute approximate surface area is 171 Å². The first kappa shape index (κ1) is 19.1. The first-order valence-corrected chi connectivity index (χ1v) is 10.7. The van der Waals surface area contributed by atoms with Gasteiger partial charge in [-0.1, -0.05) is 109 Å². The van der Waals surface area contributed by atoms with Crippen LogP contribution in [0.4, 0.5) is 0 Å². The van der Waals surface area contributed by atoms with Crippen molar-refractivity contribution in [2.24, 2.45) is 0 Å². The van der Waals surface area contributed by atoms with Gasteiger partial charge in [0.25, 0.3) is 10.1 Å². The number of hydrogen-bond donors (Lipinski definition) is 1. The lowest BCUT2D eigenvalue weighted by Crippen LogP contribution is -2.32. The highest BCUT2D eigenvalue weighted by Gasteiger charge is 2.41. The fraction of sp³-hybridized carbons (Fsp3) is 0.0400. The Balaban J connectivity index is 2.23. The molecule has 0 aliphatic carbocycles. The molecular weight excluding hydrogens is 380 g/mol. The zero-order valence-corrected chi connectivity index (χ0v) is 16.5. The summed E-state index contributed by atoms with van der Waals surface area (Å²) in [6.07, 6.45) is 0. The maximum atomic E-state index is 12.3. The lowest BCUT2D eigenvalue weighted by molar-refractivity contribution is 0.480. The van der Waals surface area contributed by atoms with E-state index in [0.717, 1.165) is 16.7 Å². The quantitative estimate of drug-likeness (QED) is 0.365. The number of hydrogen-bond acceptors (Lipinski definition) is 2. The van der Waals surface area contributed by atoms with Gasteiger partial charge in [0.05, 0.1) is 10.3 Å². The van der Waals surface area contributed by atoms with Crippen molar-refractivity contribution in [3.8, 4) is 0 Å². The van der Waals surface area contributed by atoms with E-state index in [1.54, 1.807) is 18.2 Å². The van der Waals surface area contributed by atoms with Crippen LogP contribution in [0, 0.1) is 0 Å². The molecule has 4 heteroatoms. The molecule has 0 atom stereocenters. The van der Waals surface area contributed by atoms with Crippen molar-refractivity contribution in [2.75, 3.05) is 0 Å². The highest BCUT2D eigenvalue weighted by molar-refractivity contribution is 7.85. The molecule has 0 radical (unpaired) electrons. The second kappa shape index (κ2) is 7.66. The van der Waals surface area contributed by atoms with Gasteiger partial charge in [0.1, 0.15) is 0 Å². The van der Waals surface area contributed by atoms with E-state index in [-0.39, 0.29) is 4.90 Å². The van der Waals surface area contributed by atoms with Gasteiger partial charge in [-0.2, -0.15) is 8.42 Å². The molecule has 0 fully saturated rings. The van der Waals surface area contributed by atoms with E-state index in [9.17, 15) is 13.0 Å². The maximum absolute atomic E-state index is 12.3. The minimum Gasteiger partial charge on any atom is -0.282 e. The van der Waals surface area contributed by atoms with Crippen LogP contribution in [-0.4, -0.2) is 13.0 Å². The van der Waals surface area contributed by atoms with E-state index in [4.69, 9.17) is 0 Å². The molecule has 144 valence electrons. The van der Waals surface area contributed by atoms with Gasteiger partial charge >= 0.3 is 0 Å². The van der Waals surface area contributed by atoms with Crippen molar-refractivity contribution in [3.63, 3.8) is 0 Å². The van der Waals surface area contributed by atoms with Crippen molar-refractivity contribution in [2.45, 2.75) is 10.3 Å². The average molecular weight is 400 g/mol. The predicted molar refractivity (Wildman–Crippen MR) is 115 cm³/mol. The highest BCUT2D eigenvalue weighted by Crippen LogP contribution is 2.46. The molecule has 29 heavy (non-hydrogen) atoms. The summed E-state index contributed by atoms with van der Waals surface area (Å²) in [6.45, 7) is 0. The lowest BCUT2D eigenvalue weighted by Gasteiger charge is -2.37. The van der Waals surface area contributed by atoms with Crippen LogP contribution in [0.2, 0.25) is 0 Å². The van der Waals surface area contributed by atoms with Gasteiger partial charge in [0.15, 0.2) is 0 Å². The number of benzene rings is 4. The lowest BCUT2D eigenvalue weighted by atomic mass is 9.65. The molecule has 3 nitrogen and oxygen atoms in total. The van der Waals surface area contributed by atoms with Crippen LogP contribution in [0.3, 0.4) is 0 Å². The molecule has 0 heterocycles. The second-order valence-electron chi connectivity index (χ2n) is 6.82. The third-order valence-corrected chi connectivity index (χ3v) is 6.10. The maximum Gasteiger partial charge on any atom is 0.294 e. The zero-order valence-electron chi connectivity index (χ0n) is 15.6. The van der Waals surface area contributed by atoms with Crippen molar-refractivity contribution in [3.05, 3.63) is 138 Å². The molecule has 4 aromatic rings. The largest absolute Gasteiger partial charge is 0.294 e. The Hall–Kier alpha value is -3.21. The minimum absolute atomic E-state index is 0.100. The van der Waals surface area contributed by atoms with Crippen LogP contribution in [0.1, 0.15) is 22.3 Å². The smallest absolute Gasteiger partial charge is 0.282 e. The van der Waals surface area contributed by atoms with Gasteiger partial charge in [0, 0.05) is 0 Å². The molecular formula is C25H20O3S. The van der Waals surface area contributed by atoms with E-state index in [0.29, 0.717) is 5.56 Å². The fourth-order valence-corrected chi connectivity index (χ4v) is 4.78. The van der Waals surface area contributed by atoms with Crippen molar-refractivity contribution < 1.29 is 13.0 Å². The van der Waals surface area contributed by atoms with E-state index in [1.165, 1.54) is 6.07 Å². The first-order chi connectivity index (χ1) is 14.0. The van der Waals surface area contributed by atoms with Gasteiger partial charge in [-0.25, -0.2) is 0 Å². The van der Waals surface area contributed by atoms with Crippen LogP contribution in [0.5, 0.6) is 0 Å². The summed E-state index contributed by atoms with van der Waals surface area (Å²) in [6, 6.07) is 36.0. The predicted octanol–water partition coefficient (Wildman–Crippen LogP) is 5.32. The van der Waals surface area contributed by atoms with E-state index >= 15 is 0 Å². The molecule has 4 aromatic carbocycles. The third-order valence-electron chi connectivity index (χ3n) is 5.19. The molecule has 0 amide bonds. The molecule has 0 aliphatic rings. The first-order valence-electron chi connectivity index (χ1n) is 9.28. The average Bonchev–Trinajstić information content (AvgIpc) is 2.76. The summed E-state index contributed by atoms with van der Waals surface area (Å²) in [5, 5.41) is 0. The summed E-state index contributed by atoms with van der Waals surface area (Å²) in [5.74, 6) is 0. The molecule has 0 unspecified atom stereocenters. The molecule has 0 saturated carbocycles. The van der Waals surface area contributed by atoms with Gasteiger partial charge < -0.3 is 0 Å². The summed E-state index contributed by atoms with van der Waals surface area (Å²) in [5.41, 5.74) is 2.32. The summed E-state index contributed by atoms with van der Waals surface area (Å²) < 4.78 is 34.7. The summed E-state index contributed by atoms with van der Waals surface area (Å²) in [4.78, 5) is -0.100. The molecule has 0 aliphatic heterocycles. The summed E-state index contributed by atoms with van der Waals surface area (Å²) >= 11 is 0. The van der Waals surface area contributed by atoms with E-state index in [1.807, 2.05) is 91.0 Å². The molecule has 1 N–H and O–H groups in total. The van der Waals surface area contributed by atoms with E-state index < -0.39 is 15.5 Å². The zero-order chi connectivity index (χ0) is 20.3. The van der Waals surface area contributed by atoms with Gasteiger partial charge in [-0.3, -0.25) is 4.55 Å². The third kappa shape index (κ3) is 3.37. The van der Waals surface area contributed by atoms with Crippen molar-refractivity contribution in [1.82, 2.24) is 0 Å². The Morgan fingerprint density at radius 1 is 0.517 bits per heavy atom. The van der Waals surface area contributed by atoms with Crippen molar-refractivity contribution in [1.29, 1.82) is 0 Å². The van der Waals surface area contributed by atoms with Crippen LogP contribution >= 0.6 is 0 Å². The topological polar surface area (TPSA) is 54.4 Å². The SMILES string of the molecule is O=S(=O)(O)c1ccccc1C(c1ccccc1)(c1ccccc1)c1ccccc1. The Kier molecular flexibility index (Phi) is 5.05. The van der Waals surface area contributed by atoms with Crippen molar-refractivity contribution >= 4 is 10.1 Å². The standard InChI is InChI=1S/C25H20O3S/c26-29(27,28)24-19-11-10-18-23(24)25(20-12-4-1-5-13-20,21-14-6-2-7-15-21)22-16-8-3-9-17-22/h1-19H,(H,26,27,28). The van der Waals surface area contributed by atoms with E-state index in [2.05, 4.69) is 0 Å². The Bertz CT molecular complexity index is 1110. The molecule has 0 aromatic heterocycles. The van der Waals surface area contributed by atoms with Crippen LogP contribution in [0.15, 0.2) is 120 Å². The highest BCUT2D eigenvalue weighted by atomic mass is 32.2. The van der Waals surface area contributed by atoms with Gasteiger partial charge in [0.2, 0.25) is 0 Å². The van der Waals surface area contributed by atoms with Gasteiger partial charge in [-0.05, 0) is 28.3 Å². The molecule has 4 rings (SSSR count).